The van der Waals surface area contributed by atoms with Gasteiger partial charge in [-0.2, -0.15) is 0 Å². The van der Waals surface area contributed by atoms with Crippen LogP contribution in [0.15, 0.2) is 35.5 Å². The van der Waals surface area contributed by atoms with Gasteiger partial charge in [0.05, 0.1) is 17.6 Å². The lowest BCUT2D eigenvalue weighted by Crippen LogP contribution is -2.41. The van der Waals surface area contributed by atoms with E-state index in [1.807, 2.05) is 26.0 Å². The molecule has 1 aromatic carbocycles. The summed E-state index contributed by atoms with van der Waals surface area (Å²) in [7, 11) is -3.55. The van der Waals surface area contributed by atoms with Crippen molar-refractivity contribution in [1.29, 1.82) is 0 Å². The highest BCUT2D eigenvalue weighted by atomic mass is 32.2. The lowest BCUT2D eigenvalue weighted by molar-refractivity contribution is 0.378. The molecule has 7 heteroatoms. The highest BCUT2D eigenvalue weighted by Crippen LogP contribution is 2.24. The van der Waals surface area contributed by atoms with Crippen molar-refractivity contribution in [3.05, 3.63) is 41.7 Å². The normalized spacial score (nSPS) is 16.1. The fourth-order valence-corrected chi connectivity index (χ4v) is 4.49. The third kappa shape index (κ3) is 3.84. The van der Waals surface area contributed by atoms with Crippen molar-refractivity contribution in [3.8, 4) is 0 Å². The Kier molecular flexibility index (Phi) is 5.01. The second-order valence-electron chi connectivity index (χ2n) is 6.73. The van der Waals surface area contributed by atoms with E-state index >= 15 is 0 Å². The van der Waals surface area contributed by atoms with Crippen molar-refractivity contribution in [2.45, 2.75) is 57.0 Å². The fourth-order valence-electron chi connectivity index (χ4n) is 3.06. The zero-order chi connectivity index (χ0) is 17.2. The Labute approximate surface area is 143 Å². The van der Waals surface area contributed by atoms with Crippen LogP contribution in [0.2, 0.25) is 0 Å². The lowest BCUT2D eigenvalue weighted by atomic mass is 9.92. The van der Waals surface area contributed by atoms with E-state index in [-0.39, 0.29) is 12.0 Å². The molecule has 1 aliphatic carbocycles. The Morgan fingerprint density at radius 2 is 1.96 bits per heavy atom. The van der Waals surface area contributed by atoms with Gasteiger partial charge in [0.25, 0.3) is 0 Å². The largest absolute Gasteiger partial charge is 0.251 e. The molecule has 6 nitrogen and oxygen atoms in total. The maximum atomic E-state index is 12.8. The van der Waals surface area contributed by atoms with Crippen LogP contribution in [0, 0.1) is 5.92 Å². The number of benzene rings is 1. The van der Waals surface area contributed by atoms with Crippen molar-refractivity contribution in [2.75, 3.05) is 0 Å². The van der Waals surface area contributed by atoms with Gasteiger partial charge in [0.15, 0.2) is 0 Å². The first-order chi connectivity index (χ1) is 11.5. The molecule has 1 aromatic heterocycles. The maximum Gasteiger partial charge on any atom is 0.240 e. The number of aromatic nitrogens is 3. The van der Waals surface area contributed by atoms with Crippen LogP contribution in [0.4, 0.5) is 0 Å². The van der Waals surface area contributed by atoms with Crippen molar-refractivity contribution in [2.24, 2.45) is 5.92 Å². The molecule has 1 aliphatic rings. The molecule has 24 heavy (non-hydrogen) atoms. The zero-order valence-electron chi connectivity index (χ0n) is 14.1. The Hall–Kier alpha value is -1.73. The van der Waals surface area contributed by atoms with Crippen LogP contribution in [0.3, 0.4) is 0 Å². The summed E-state index contributed by atoms with van der Waals surface area (Å²) < 4.78 is 30.1. The number of hydrogen-bond donors (Lipinski definition) is 1. The third-order valence-electron chi connectivity index (χ3n) is 4.60. The number of sulfonamides is 1. The van der Waals surface area contributed by atoms with Gasteiger partial charge in [-0.3, -0.25) is 4.68 Å². The molecular weight excluding hydrogens is 324 g/mol. The predicted octanol–water partition coefficient (Wildman–Crippen LogP) is 2.16. The highest BCUT2D eigenvalue weighted by Gasteiger charge is 2.24. The summed E-state index contributed by atoms with van der Waals surface area (Å²) in [5.74, 6) is 0.140. The third-order valence-corrected chi connectivity index (χ3v) is 6.08. The number of rotatable bonds is 6. The molecule has 0 radical (unpaired) electrons. The first-order valence-electron chi connectivity index (χ1n) is 8.44. The second kappa shape index (κ2) is 7.03. The van der Waals surface area contributed by atoms with Crippen LogP contribution in [-0.4, -0.2) is 29.5 Å². The van der Waals surface area contributed by atoms with Crippen LogP contribution in [0.1, 0.15) is 37.8 Å². The van der Waals surface area contributed by atoms with Gasteiger partial charge >= 0.3 is 0 Å². The predicted molar refractivity (Wildman–Crippen MR) is 92.1 cm³/mol. The number of fused-ring (bicyclic) bond motifs is 1. The second-order valence-corrected chi connectivity index (χ2v) is 8.45. The van der Waals surface area contributed by atoms with Crippen molar-refractivity contribution < 1.29 is 8.42 Å². The van der Waals surface area contributed by atoms with E-state index in [1.54, 1.807) is 23.1 Å². The van der Waals surface area contributed by atoms with Crippen molar-refractivity contribution in [1.82, 2.24) is 19.7 Å². The van der Waals surface area contributed by atoms with Gasteiger partial charge in [-0.05, 0) is 54.9 Å². The monoisotopic (exact) mass is 348 g/mol. The molecule has 0 saturated carbocycles. The van der Waals surface area contributed by atoms with Gasteiger partial charge in [-0.25, -0.2) is 13.1 Å². The summed E-state index contributed by atoms with van der Waals surface area (Å²) in [6.45, 7) is 4.45. The van der Waals surface area contributed by atoms with Crippen LogP contribution in [-0.2, 0) is 29.4 Å². The van der Waals surface area contributed by atoms with Gasteiger partial charge in [0.1, 0.15) is 0 Å². The average molecular weight is 348 g/mol. The van der Waals surface area contributed by atoms with Crippen LogP contribution < -0.4 is 4.72 Å². The molecule has 0 bridgehead atoms. The van der Waals surface area contributed by atoms with Gasteiger partial charge in [-0.1, -0.05) is 25.1 Å². The van der Waals surface area contributed by atoms with Crippen molar-refractivity contribution in [3.63, 3.8) is 0 Å². The minimum atomic E-state index is -3.55. The quantitative estimate of drug-likeness (QED) is 0.868. The smallest absolute Gasteiger partial charge is 0.240 e. The van der Waals surface area contributed by atoms with E-state index in [0.717, 1.165) is 19.3 Å². The Morgan fingerprint density at radius 1 is 1.21 bits per heavy atom. The zero-order valence-corrected chi connectivity index (χ0v) is 15.0. The Morgan fingerprint density at radius 3 is 2.62 bits per heavy atom. The molecule has 130 valence electrons. The maximum absolute atomic E-state index is 12.8. The van der Waals surface area contributed by atoms with Crippen LogP contribution >= 0.6 is 0 Å². The lowest BCUT2D eigenvalue weighted by Gasteiger charge is -2.23. The molecule has 1 atom stereocenters. The summed E-state index contributed by atoms with van der Waals surface area (Å²) in [5, 5.41) is 7.70. The van der Waals surface area contributed by atoms with E-state index in [9.17, 15) is 8.42 Å². The highest BCUT2D eigenvalue weighted by molar-refractivity contribution is 7.89. The molecule has 1 unspecified atom stereocenters. The summed E-state index contributed by atoms with van der Waals surface area (Å²) >= 11 is 0. The minimum Gasteiger partial charge on any atom is -0.251 e. The van der Waals surface area contributed by atoms with Gasteiger partial charge < -0.3 is 0 Å². The standard InChI is InChI=1S/C17H24N4O2S/c1-13(2)17(12-21-10-9-18-20-21)19-24(22,23)16-8-7-14-5-3-4-6-15(14)11-16/h7-11,13,17,19H,3-6,12H2,1-2H3. The topological polar surface area (TPSA) is 76.9 Å². The first-order valence-corrected chi connectivity index (χ1v) is 9.92. The number of hydrogen-bond acceptors (Lipinski definition) is 4. The average Bonchev–Trinajstić information content (AvgIpc) is 3.06. The molecule has 1 N–H and O–H groups in total. The number of nitrogens with zero attached hydrogens (tertiary/aromatic N) is 3. The number of aryl methyl sites for hydroxylation is 2. The molecule has 1 heterocycles. The van der Waals surface area contributed by atoms with E-state index in [1.165, 1.54) is 17.5 Å². The van der Waals surface area contributed by atoms with Gasteiger partial charge in [0.2, 0.25) is 10.0 Å². The molecule has 3 rings (SSSR count). The molecule has 0 amide bonds. The molecule has 0 saturated heterocycles. The Bertz CT molecular complexity index is 785. The summed E-state index contributed by atoms with van der Waals surface area (Å²) in [5.41, 5.74) is 2.45. The summed E-state index contributed by atoms with van der Waals surface area (Å²) in [6.07, 6.45) is 7.66. The van der Waals surface area contributed by atoms with E-state index in [2.05, 4.69) is 15.0 Å². The van der Waals surface area contributed by atoms with Crippen LogP contribution in [0.25, 0.3) is 0 Å². The fraction of sp³-hybridized carbons (Fsp3) is 0.529. The van der Waals surface area contributed by atoms with Gasteiger partial charge in [-0.15, -0.1) is 5.10 Å². The molecule has 0 aliphatic heterocycles. The van der Waals surface area contributed by atoms with Crippen molar-refractivity contribution >= 4 is 10.0 Å². The SMILES string of the molecule is CC(C)C(Cn1ccnn1)NS(=O)(=O)c1ccc2c(c1)CCCC2. The molecule has 2 aromatic rings. The first kappa shape index (κ1) is 17.1. The molecule has 0 fully saturated rings. The number of nitrogens with one attached hydrogen (secondary N) is 1. The Balaban J connectivity index is 1.81. The minimum absolute atomic E-state index is 0.140. The van der Waals surface area contributed by atoms with E-state index in [0.29, 0.717) is 11.4 Å². The summed E-state index contributed by atoms with van der Waals surface area (Å²) in [4.78, 5) is 0.354. The molecule has 0 spiro atoms. The molecular formula is C17H24N4O2S. The van der Waals surface area contributed by atoms with Crippen LogP contribution in [0.5, 0.6) is 0 Å². The van der Waals surface area contributed by atoms with Gasteiger partial charge in [0, 0.05) is 12.2 Å². The van der Waals surface area contributed by atoms with E-state index < -0.39 is 10.0 Å². The van der Waals surface area contributed by atoms with E-state index in [4.69, 9.17) is 0 Å². The summed E-state index contributed by atoms with van der Waals surface area (Å²) in [6, 6.07) is 5.28.